The van der Waals surface area contributed by atoms with Crippen molar-refractivity contribution in [1.29, 1.82) is 0 Å². The third-order valence-electron chi connectivity index (χ3n) is 2.55. The van der Waals surface area contributed by atoms with Gasteiger partial charge in [0.1, 0.15) is 5.78 Å². The van der Waals surface area contributed by atoms with Crippen molar-refractivity contribution < 1.29 is 4.79 Å². The smallest absolute Gasteiger partial charge is 0.132 e. The summed E-state index contributed by atoms with van der Waals surface area (Å²) >= 11 is 5.59. The van der Waals surface area contributed by atoms with Crippen molar-refractivity contribution in [3.8, 4) is 0 Å². The summed E-state index contributed by atoms with van der Waals surface area (Å²) in [6.07, 6.45) is 7.52. The highest BCUT2D eigenvalue weighted by molar-refractivity contribution is 6.17. The van der Waals surface area contributed by atoms with E-state index >= 15 is 0 Å². The molecule has 0 aromatic rings. The van der Waals surface area contributed by atoms with Crippen molar-refractivity contribution in [1.82, 2.24) is 0 Å². The van der Waals surface area contributed by atoms with Gasteiger partial charge in [0.05, 0.1) is 0 Å². The van der Waals surface area contributed by atoms with Crippen LogP contribution in [0.15, 0.2) is 0 Å². The van der Waals surface area contributed by atoms with E-state index in [0.29, 0.717) is 18.1 Å². The van der Waals surface area contributed by atoms with Crippen LogP contribution in [0.5, 0.6) is 0 Å². The van der Waals surface area contributed by atoms with Crippen LogP contribution in [0.1, 0.15) is 58.8 Å². The molecule has 2 heteroatoms. The summed E-state index contributed by atoms with van der Waals surface area (Å²) < 4.78 is 0. The average Bonchev–Trinajstić information content (AvgIpc) is 2.17. The summed E-state index contributed by atoms with van der Waals surface area (Å²) in [6.45, 7) is 4.12. The molecule has 0 aliphatic carbocycles. The lowest BCUT2D eigenvalue weighted by Gasteiger charge is -2.09. The number of rotatable bonds is 9. The number of hydrogen-bond donors (Lipinski definition) is 0. The lowest BCUT2D eigenvalue weighted by atomic mass is 9.97. The van der Waals surface area contributed by atoms with Crippen LogP contribution in [0, 0.1) is 5.92 Å². The molecular weight excluding hydrogens is 196 g/mol. The van der Waals surface area contributed by atoms with Crippen molar-refractivity contribution in [2.45, 2.75) is 58.8 Å². The van der Waals surface area contributed by atoms with Gasteiger partial charge in [-0.1, -0.05) is 39.5 Å². The summed E-state index contributed by atoms with van der Waals surface area (Å²) in [5.41, 5.74) is 0. The maximum Gasteiger partial charge on any atom is 0.132 e. The zero-order valence-electron chi connectivity index (χ0n) is 9.52. The molecule has 1 atom stereocenters. The maximum absolute atomic E-state index is 11.1. The largest absolute Gasteiger partial charge is 0.300 e. The fraction of sp³-hybridized carbons (Fsp3) is 0.917. The predicted molar refractivity (Wildman–Crippen MR) is 62.9 cm³/mol. The standard InChI is InChI=1S/C12H23ClO/c1-3-12(14)10-11(2)8-6-4-5-7-9-13/h11H,3-10H2,1-2H3. The Kier molecular flexibility index (Phi) is 9.49. The number of ketones is 1. The predicted octanol–water partition coefficient (Wildman–Crippen LogP) is 4.18. The Labute approximate surface area is 93.2 Å². The summed E-state index contributed by atoms with van der Waals surface area (Å²) in [4.78, 5) is 11.1. The topological polar surface area (TPSA) is 17.1 Å². The van der Waals surface area contributed by atoms with E-state index in [9.17, 15) is 4.79 Å². The molecule has 0 radical (unpaired) electrons. The molecule has 0 aromatic carbocycles. The fourth-order valence-corrected chi connectivity index (χ4v) is 1.76. The van der Waals surface area contributed by atoms with Crippen LogP contribution in [-0.4, -0.2) is 11.7 Å². The first-order valence-corrected chi connectivity index (χ1v) is 6.31. The Morgan fingerprint density at radius 1 is 1.21 bits per heavy atom. The Morgan fingerprint density at radius 3 is 2.43 bits per heavy atom. The van der Waals surface area contributed by atoms with E-state index in [1.807, 2.05) is 6.92 Å². The van der Waals surface area contributed by atoms with Crippen LogP contribution in [0.25, 0.3) is 0 Å². The highest BCUT2D eigenvalue weighted by atomic mass is 35.5. The molecule has 14 heavy (non-hydrogen) atoms. The van der Waals surface area contributed by atoms with Gasteiger partial charge >= 0.3 is 0 Å². The van der Waals surface area contributed by atoms with Gasteiger partial charge in [-0.2, -0.15) is 0 Å². The van der Waals surface area contributed by atoms with Gasteiger partial charge in [0.25, 0.3) is 0 Å². The van der Waals surface area contributed by atoms with E-state index in [1.54, 1.807) is 0 Å². The number of hydrogen-bond acceptors (Lipinski definition) is 1. The fourth-order valence-electron chi connectivity index (χ4n) is 1.58. The monoisotopic (exact) mass is 218 g/mol. The molecule has 1 nitrogen and oxygen atoms in total. The Balaban J connectivity index is 3.26. The number of carbonyl (C=O) groups is 1. The van der Waals surface area contributed by atoms with Gasteiger partial charge in [-0.3, -0.25) is 4.79 Å². The summed E-state index contributed by atoms with van der Waals surface area (Å²) in [5.74, 6) is 1.75. The first kappa shape index (κ1) is 14.0. The molecule has 0 aliphatic heterocycles. The first-order chi connectivity index (χ1) is 6.70. The molecular formula is C12H23ClO. The third-order valence-corrected chi connectivity index (χ3v) is 2.82. The van der Waals surface area contributed by atoms with Crippen molar-refractivity contribution >= 4 is 17.4 Å². The third kappa shape index (κ3) is 8.55. The minimum Gasteiger partial charge on any atom is -0.300 e. The molecule has 0 spiro atoms. The highest BCUT2D eigenvalue weighted by Crippen LogP contribution is 2.14. The Hall–Kier alpha value is -0.0400. The number of carbonyl (C=O) groups excluding carboxylic acids is 1. The number of halogens is 1. The molecule has 0 aromatic heterocycles. The van der Waals surface area contributed by atoms with E-state index in [2.05, 4.69) is 6.92 Å². The molecule has 0 heterocycles. The average molecular weight is 219 g/mol. The quantitative estimate of drug-likeness (QED) is 0.419. The van der Waals surface area contributed by atoms with Crippen LogP contribution >= 0.6 is 11.6 Å². The molecule has 1 unspecified atom stereocenters. The van der Waals surface area contributed by atoms with Gasteiger partial charge in [-0.25, -0.2) is 0 Å². The number of Topliss-reactive ketones (excluding diaryl/α,β-unsaturated/α-hetero) is 1. The molecule has 0 amide bonds. The SMILES string of the molecule is CCC(=O)CC(C)CCCCCCCl. The van der Waals surface area contributed by atoms with Crippen LogP contribution in [-0.2, 0) is 4.79 Å². The van der Waals surface area contributed by atoms with Crippen LogP contribution in [0.2, 0.25) is 0 Å². The van der Waals surface area contributed by atoms with Gasteiger partial charge in [0.15, 0.2) is 0 Å². The van der Waals surface area contributed by atoms with Crippen molar-refractivity contribution in [2.24, 2.45) is 5.92 Å². The lowest BCUT2D eigenvalue weighted by molar-refractivity contribution is -0.119. The minimum atomic E-state index is 0.401. The second-order valence-corrected chi connectivity index (χ2v) is 4.47. The van der Waals surface area contributed by atoms with E-state index in [4.69, 9.17) is 11.6 Å². The molecule has 0 bridgehead atoms. The van der Waals surface area contributed by atoms with E-state index in [0.717, 1.165) is 18.7 Å². The summed E-state index contributed by atoms with van der Waals surface area (Å²) in [6, 6.07) is 0. The highest BCUT2D eigenvalue weighted by Gasteiger charge is 2.06. The zero-order chi connectivity index (χ0) is 10.8. The molecule has 0 fully saturated rings. The van der Waals surface area contributed by atoms with Gasteiger partial charge in [-0.05, 0) is 12.3 Å². The Bertz CT molecular complexity index is 145. The normalized spacial score (nSPS) is 12.8. The summed E-state index contributed by atoms with van der Waals surface area (Å²) in [7, 11) is 0. The van der Waals surface area contributed by atoms with Gasteiger partial charge in [0, 0.05) is 18.7 Å². The van der Waals surface area contributed by atoms with Gasteiger partial charge < -0.3 is 0 Å². The van der Waals surface area contributed by atoms with Crippen molar-refractivity contribution in [3.05, 3.63) is 0 Å². The number of unbranched alkanes of at least 4 members (excludes halogenated alkanes) is 3. The van der Waals surface area contributed by atoms with Crippen molar-refractivity contribution in [2.75, 3.05) is 5.88 Å². The minimum absolute atomic E-state index is 0.401. The van der Waals surface area contributed by atoms with E-state index in [1.165, 1.54) is 25.7 Å². The lowest BCUT2D eigenvalue weighted by Crippen LogP contribution is -2.04. The number of alkyl halides is 1. The zero-order valence-corrected chi connectivity index (χ0v) is 10.3. The van der Waals surface area contributed by atoms with Gasteiger partial charge in [-0.15, -0.1) is 11.6 Å². The molecule has 0 saturated carbocycles. The van der Waals surface area contributed by atoms with E-state index in [-0.39, 0.29) is 0 Å². The molecule has 84 valence electrons. The van der Waals surface area contributed by atoms with Crippen LogP contribution in [0.3, 0.4) is 0 Å². The second-order valence-electron chi connectivity index (χ2n) is 4.09. The molecule has 0 saturated heterocycles. The first-order valence-electron chi connectivity index (χ1n) is 5.78. The van der Waals surface area contributed by atoms with Crippen molar-refractivity contribution in [3.63, 3.8) is 0 Å². The molecule has 0 N–H and O–H groups in total. The Morgan fingerprint density at radius 2 is 1.86 bits per heavy atom. The second kappa shape index (κ2) is 9.51. The molecule has 0 aliphatic rings. The van der Waals surface area contributed by atoms with Gasteiger partial charge in [0.2, 0.25) is 0 Å². The maximum atomic E-state index is 11.1. The summed E-state index contributed by atoms with van der Waals surface area (Å²) in [5, 5.41) is 0. The van der Waals surface area contributed by atoms with Crippen LogP contribution < -0.4 is 0 Å². The van der Waals surface area contributed by atoms with E-state index < -0.39 is 0 Å². The molecule has 0 rings (SSSR count). The van der Waals surface area contributed by atoms with Crippen LogP contribution in [0.4, 0.5) is 0 Å².